The van der Waals surface area contributed by atoms with E-state index in [1.165, 1.54) is 0 Å². The molecule has 166 valence electrons. The highest BCUT2D eigenvalue weighted by Gasteiger charge is 2.85. The van der Waals surface area contributed by atoms with Gasteiger partial charge in [0.2, 0.25) is 5.67 Å². The van der Waals surface area contributed by atoms with Crippen LogP contribution in [0.25, 0.3) is 0 Å². The summed E-state index contributed by atoms with van der Waals surface area (Å²) in [6, 6.07) is 4.90. The third-order valence-electron chi connectivity index (χ3n) is 6.52. The van der Waals surface area contributed by atoms with Gasteiger partial charge in [-0.05, 0) is 30.0 Å². The lowest BCUT2D eigenvalue weighted by molar-refractivity contribution is -0.160. The van der Waals surface area contributed by atoms with Gasteiger partial charge in [0.1, 0.15) is 5.54 Å². The second-order valence-corrected chi connectivity index (χ2v) is 8.97. The van der Waals surface area contributed by atoms with Crippen molar-refractivity contribution in [3.63, 3.8) is 0 Å². The summed E-state index contributed by atoms with van der Waals surface area (Å²) >= 11 is 11.9. The van der Waals surface area contributed by atoms with Gasteiger partial charge in [-0.1, -0.05) is 56.0 Å². The summed E-state index contributed by atoms with van der Waals surface area (Å²) < 4.78 is 26.4. The van der Waals surface area contributed by atoms with E-state index in [-0.39, 0.29) is 25.6 Å². The number of alkyl halides is 1. The largest absolute Gasteiger partial charge is 0.480 e. The zero-order valence-corrected chi connectivity index (χ0v) is 18.4. The number of carboxylic acids is 1. The van der Waals surface area contributed by atoms with E-state index in [0.717, 1.165) is 12.8 Å². The average Bonchev–Trinajstić information content (AvgIpc) is 3.18. The number of esters is 1. The molecule has 30 heavy (non-hydrogen) atoms. The minimum Gasteiger partial charge on any atom is -0.480 e. The molecule has 0 heterocycles. The lowest BCUT2D eigenvalue weighted by Crippen LogP contribution is -2.60. The number of hydrogen-bond donors (Lipinski definition) is 2. The molecule has 0 aromatic heterocycles. The fourth-order valence-electron chi connectivity index (χ4n) is 4.45. The van der Waals surface area contributed by atoms with E-state index >= 15 is 4.39 Å². The second-order valence-electron chi connectivity index (χ2n) is 8.16. The molecule has 2 saturated carbocycles. The Balaban J connectivity index is 1.69. The van der Waals surface area contributed by atoms with Crippen LogP contribution in [0.15, 0.2) is 18.2 Å². The molecule has 2 fully saturated rings. The number of ether oxygens (including phenoxy) is 2. The van der Waals surface area contributed by atoms with Gasteiger partial charge in [-0.15, -0.1) is 0 Å². The summed E-state index contributed by atoms with van der Waals surface area (Å²) in [6.07, 6.45) is 0.674. The van der Waals surface area contributed by atoms with Gasteiger partial charge < -0.3 is 20.3 Å². The van der Waals surface area contributed by atoms with Crippen LogP contribution in [0.4, 0.5) is 4.39 Å². The molecule has 0 radical (unpaired) electrons. The lowest BCUT2D eigenvalue weighted by Gasteiger charge is -2.32. The SMILES string of the molecule is CCC(CC)COC(=O)[C@@]1(F)[C@@H]2C[C@@H](OCc3ccc(Cl)c(Cl)c3)[C@@](N)(C(=O)O)[C@@H]21. The molecule has 0 bridgehead atoms. The van der Waals surface area contributed by atoms with Crippen LogP contribution in [0, 0.1) is 17.8 Å². The van der Waals surface area contributed by atoms with Gasteiger partial charge in [-0.2, -0.15) is 0 Å². The smallest absolute Gasteiger partial charge is 0.344 e. The summed E-state index contributed by atoms with van der Waals surface area (Å²) in [6.45, 7) is 4.07. The first-order chi connectivity index (χ1) is 14.1. The number of rotatable bonds is 9. The normalized spacial score (nSPS) is 32.2. The summed E-state index contributed by atoms with van der Waals surface area (Å²) in [5, 5.41) is 10.5. The zero-order valence-electron chi connectivity index (χ0n) is 16.9. The molecule has 0 aliphatic heterocycles. The Morgan fingerprint density at radius 1 is 1.30 bits per heavy atom. The third-order valence-corrected chi connectivity index (χ3v) is 7.26. The second kappa shape index (κ2) is 8.61. The molecule has 0 saturated heterocycles. The quantitative estimate of drug-likeness (QED) is 0.539. The molecule has 1 aromatic rings. The maximum Gasteiger partial charge on any atom is 0.344 e. The minimum atomic E-state index is -2.39. The number of nitrogens with two attached hydrogens (primary N) is 1. The standard InChI is InChI=1S/C21H26Cl2FNO5/c1-3-11(4-2)9-30-19(28)20(24)13-8-16(21(25,17(13)20)18(26)27)29-10-12-5-6-14(22)15(23)7-12/h5-7,11,13,16-17H,3-4,8-10,25H2,1-2H3,(H,26,27)/t13-,16-,17+,20-,21+/m1/s1. The molecule has 0 amide bonds. The van der Waals surface area contributed by atoms with Gasteiger partial charge in [0.05, 0.1) is 29.4 Å². The van der Waals surface area contributed by atoms with Crippen molar-refractivity contribution < 1.29 is 28.6 Å². The van der Waals surface area contributed by atoms with Gasteiger partial charge >= 0.3 is 11.9 Å². The van der Waals surface area contributed by atoms with Crippen molar-refractivity contribution in [1.29, 1.82) is 0 Å². The molecule has 3 rings (SSSR count). The van der Waals surface area contributed by atoms with Gasteiger partial charge in [0.25, 0.3) is 0 Å². The van der Waals surface area contributed by atoms with Gasteiger partial charge in [0.15, 0.2) is 0 Å². The van der Waals surface area contributed by atoms with Crippen LogP contribution in [-0.4, -0.2) is 41.0 Å². The molecule has 6 nitrogen and oxygen atoms in total. The van der Waals surface area contributed by atoms with Crippen molar-refractivity contribution in [3.05, 3.63) is 33.8 Å². The molecular formula is C21H26Cl2FNO5. The van der Waals surface area contributed by atoms with E-state index in [0.29, 0.717) is 15.6 Å². The van der Waals surface area contributed by atoms with E-state index in [2.05, 4.69) is 0 Å². The molecule has 5 atom stereocenters. The minimum absolute atomic E-state index is 0.0192. The van der Waals surface area contributed by atoms with E-state index in [1.807, 2.05) is 13.8 Å². The first kappa shape index (κ1) is 23.3. The predicted molar refractivity (Wildman–Crippen MR) is 110 cm³/mol. The first-order valence-corrected chi connectivity index (χ1v) is 10.8. The topological polar surface area (TPSA) is 98.9 Å². The van der Waals surface area contributed by atoms with Crippen LogP contribution >= 0.6 is 23.2 Å². The fraction of sp³-hybridized carbons (Fsp3) is 0.619. The van der Waals surface area contributed by atoms with Gasteiger partial charge in [-0.3, -0.25) is 4.79 Å². The molecule has 1 aromatic carbocycles. The lowest BCUT2D eigenvalue weighted by atomic mass is 9.88. The zero-order chi connectivity index (χ0) is 22.3. The van der Waals surface area contributed by atoms with Crippen LogP contribution in [0.5, 0.6) is 0 Å². The Hall–Kier alpha value is -1.41. The van der Waals surface area contributed by atoms with Crippen LogP contribution in [0.2, 0.25) is 10.0 Å². The molecule has 0 unspecified atom stereocenters. The Labute approximate surface area is 184 Å². The summed E-state index contributed by atoms with van der Waals surface area (Å²) in [4.78, 5) is 24.4. The number of benzene rings is 1. The predicted octanol–water partition coefficient (Wildman–Crippen LogP) is 4.00. The molecule has 9 heteroatoms. The van der Waals surface area contributed by atoms with Crippen LogP contribution in [-0.2, 0) is 25.7 Å². The molecule has 2 aliphatic rings. The Morgan fingerprint density at radius 2 is 1.97 bits per heavy atom. The Kier molecular flexibility index (Phi) is 6.68. The highest BCUT2D eigenvalue weighted by Crippen LogP contribution is 2.67. The van der Waals surface area contributed by atoms with Crippen molar-refractivity contribution in [3.8, 4) is 0 Å². The number of carbonyl (C=O) groups excluding carboxylic acids is 1. The van der Waals surface area contributed by atoms with E-state index < -0.39 is 41.1 Å². The van der Waals surface area contributed by atoms with Crippen molar-refractivity contribution in [2.24, 2.45) is 23.5 Å². The summed E-state index contributed by atoms with van der Waals surface area (Å²) in [5.74, 6) is -4.31. The number of carboxylic acid groups (broad SMARTS) is 1. The molecule has 0 spiro atoms. The van der Waals surface area contributed by atoms with Crippen molar-refractivity contribution in [1.82, 2.24) is 0 Å². The van der Waals surface area contributed by atoms with E-state index in [4.69, 9.17) is 38.4 Å². The average molecular weight is 462 g/mol. The maximum atomic E-state index is 15.4. The maximum absolute atomic E-state index is 15.4. The number of carbonyl (C=O) groups is 2. The van der Waals surface area contributed by atoms with Crippen molar-refractivity contribution in [2.45, 2.75) is 57.0 Å². The monoisotopic (exact) mass is 461 g/mol. The van der Waals surface area contributed by atoms with Gasteiger partial charge in [-0.25, -0.2) is 9.18 Å². The molecular weight excluding hydrogens is 436 g/mol. The summed E-state index contributed by atoms with van der Waals surface area (Å²) in [7, 11) is 0. The van der Waals surface area contributed by atoms with Crippen LogP contribution in [0.1, 0.15) is 38.7 Å². The van der Waals surface area contributed by atoms with Crippen LogP contribution < -0.4 is 5.73 Å². The van der Waals surface area contributed by atoms with Crippen molar-refractivity contribution >= 4 is 35.1 Å². The first-order valence-electron chi connectivity index (χ1n) is 10.0. The highest BCUT2D eigenvalue weighted by atomic mass is 35.5. The van der Waals surface area contributed by atoms with E-state index in [9.17, 15) is 14.7 Å². The van der Waals surface area contributed by atoms with Crippen LogP contribution in [0.3, 0.4) is 0 Å². The highest BCUT2D eigenvalue weighted by molar-refractivity contribution is 6.42. The number of fused-ring (bicyclic) bond motifs is 1. The number of halogens is 3. The third kappa shape index (κ3) is 3.81. The Bertz CT molecular complexity index is 836. The summed E-state index contributed by atoms with van der Waals surface area (Å²) in [5.41, 5.74) is 2.42. The molecule has 2 aliphatic carbocycles. The number of hydrogen-bond acceptors (Lipinski definition) is 5. The van der Waals surface area contributed by atoms with Gasteiger partial charge in [0, 0.05) is 11.8 Å². The number of aliphatic carboxylic acids is 1. The Morgan fingerprint density at radius 3 is 2.53 bits per heavy atom. The van der Waals surface area contributed by atoms with E-state index in [1.54, 1.807) is 18.2 Å². The fourth-order valence-corrected chi connectivity index (χ4v) is 4.77. The molecule has 3 N–H and O–H groups in total. The van der Waals surface area contributed by atoms with Crippen molar-refractivity contribution in [2.75, 3.05) is 6.61 Å².